The van der Waals surface area contributed by atoms with Crippen LogP contribution in [0.15, 0.2) is 53.6 Å². The van der Waals surface area contributed by atoms with Crippen molar-refractivity contribution < 1.29 is 19.0 Å². The molecule has 34 heavy (non-hydrogen) atoms. The molecule has 8 heteroatoms. The Balaban J connectivity index is 1.37. The van der Waals surface area contributed by atoms with Crippen molar-refractivity contribution in [2.24, 2.45) is 5.10 Å². The van der Waals surface area contributed by atoms with Crippen LogP contribution in [0.5, 0.6) is 17.2 Å². The largest absolute Gasteiger partial charge is 0.496 e. The van der Waals surface area contributed by atoms with Crippen LogP contribution in [0.25, 0.3) is 22.0 Å². The lowest BCUT2D eigenvalue weighted by atomic mass is 9.98. The van der Waals surface area contributed by atoms with E-state index in [1.165, 1.54) is 36.9 Å². The third kappa shape index (κ3) is 3.73. The summed E-state index contributed by atoms with van der Waals surface area (Å²) >= 11 is 0. The van der Waals surface area contributed by atoms with Crippen molar-refractivity contribution in [2.75, 3.05) is 21.3 Å². The number of carbonyl (C=O) groups is 1. The van der Waals surface area contributed by atoms with E-state index >= 15 is 0 Å². The van der Waals surface area contributed by atoms with Gasteiger partial charge in [-0.1, -0.05) is 30.3 Å². The molecule has 0 fully saturated rings. The Kier molecular flexibility index (Phi) is 5.63. The van der Waals surface area contributed by atoms with Crippen LogP contribution < -0.4 is 19.6 Å². The molecule has 0 unspecified atom stereocenters. The number of hydrogen-bond donors (Lipinski definition) is 2. The normalized spacial score (nSPS) is 12.3. The fourth-order valence-corrected chi connectivity index (χ4v) is 4.42. The van der Waals surface area contributed by atoms with Gasteiger partial charge in [0.1, 0.15) is 22.9 Å². The van der Waals surface area contributed by atoms with Gasteiger partial charge in [-0.25, -0.2) is 5.43 Å². The van der Waals surface area contributed by atoms with Crippen molar-refractivity contribution in [3.8, 4) is 28.5 Å². The van der Waals surface area contributed by atoms with Crippen LogP contribution in [0.3, 0.4) is 0 Å². The lowest BCUT2D eigenvalue weighted by Gasteiger charge is -2.12. The summed E-state index contributed by atoms with van der Waals surface area (Å²) in [5.41, 5.74) is 7.84. The summed E-state index contributed by atoms with van der Waals surface area (Å²) in [5.74, 6) is 1.19. The number of carbonyl (C=O) groups excluding carboxylic acids is 1. The molecular weight excluding hydrogens is 432 g/mol. The standard InChI is InChI=1S/C26H24N4O4/c1-32-17-11-23(33-2)20(24(12-17)34-3)14-27-30-26(31)22-13-21(28-29-22)18-10-9-16-8-7-15-5-4-6-19(18)25(15)16/h4-6,9-14H,7-8H2,1-3H3,(H,28,29)(H,30,31). The molecule has 0 saturated carbocycles. The second-order valence-corrected chi connectivity index (χ2v) is 7.92. The van der Waals surface area contributed by atoms with E-state index in [1.54, 1.807) is 25.3 Å². The van der Waals surface area contributed by atoms with Gasteiger partial charge >= 0.3 is 0 Å². The Hall–Kier alpha value is -4.33. The van der Waals surface area contributed by atoms with Crippen molar-refractivity contribution in [3.63, 3.8) is 0 Å². The minimum Gasteiger partial charge on any atom is -0.496 e. The quantitative estimate of drug-likeness (QED) is 0.322. The number of aromatic amines is 1. The SMILES string of the molecule is COc1cc(OC)c(C=NNC(=O)c2cc(-c3ccc4c5c(cccc35)CC4)n[nH]2)c(OC)c1. The number of amides is 1. The van der Waals surface area contributed by atoms with Gasteiger partial charge in [0, 0.05) is 17.7 Å². The van der Waals surface area contributed by atoms with Crippen LogP contribution in [0.2, 0.25) is 0 Å². The van der Waals surface area contributed by atoms with E-state index in [0.29, 0.717) is 34.2 Å². The molecular formula is C26H24N4O4. The molecule has 5 rings (SSSR count). The predicted octanol–water partition coefficient (Wildman–Crippen LogP) is 4.12. The van der Waals surface area contributed by atoms with Crippen molar-refractivity contribution in [3.05, 3.63) is 70.9 Å². The molecule has 0 bridgehead atoms. The van der Waals surface area contributed by atoms with E-state index in [0.717, 1.165) is 23.8 Å². The molecule has 4 aromatic rings. The van der Waals surface area contributed by atoms with Gasteiger partial charge in [-0.15, -0.1) is 0 Å². The van der Waals surface area contributed by atoms with Crippen LogP contribution in [0, 0.1) is 0 Å². The Morgan fingerprint density at radius 2 is 1.74 bits per heavy atom. The van der Waals surface area contributed by atoms with Crippen molar-refractivity contribution >= 4 is 22.9 Å². The zero-order valence-electron chi connectivity index (χ0n) is 19.1. The number of rotatable bonds is 7. The molecule has 0 spiro atoms. The minimum absolute atomic E-state index is 0.309. The van der Waals surface area contributed by atoms with Gasteiger partial charge in [0.05, 0.1) is 38.8 Å². The maximum absolute atomic E-state index is 12.7. The van der Waals surface area contributed by atoms with Gasteiger partial charge in [-0.05, 0) is 40.8 Å². The van der Waals surface area contributed by atoms with E-state index in [2.05, 4.69) is 51.1 Å². The third-order valence-corrected chi connectivity index (χ3v) is 6.09. The number of H-pyrrole nitrogens is 1. The number of hydrogen-bond acceptors (Lipinski definition) is 6. The first-order valence-corrected chi connectivity index (χ1v) is 10.9. The molecule has 0 aliphatic heterocycles. The van der Waals surface area contributed by atoms with E-state index in [4.69, 9.17) is 14.2 Å². The van der Waals surface area contributed by atoms with Crippen molar-refractivity contribution in [1.82, 2.24) is 15.6 Å². The van der Waals surface area contributed by atoms with E-state index in [1.807, 2.05) is 0 Å². The van der Waals surface area contributed by atoms with Crippen LogP contribution in [-0.2, 0) is 12.8 Å². The van der Waals surface area contributed by atoms with Crippen molar-refractivity contribution in [2.45, 2.75) is 12.8 Å². The first kappa shape index (κ1) is 21.5. The minimum atomic E-state index is -0.410. The highest BCUT2D eigenvalue weighted by atomic mass is 16.5. The van der Waals surface area contributed by atoms with Gasteiger partial charge in [0.15, 0.2) is 0 Å². The maximum atomic E-state index is 12.7. The van der Waals surface area contributed by atoms with E-state index < -0.39 is 5.91 Å². The summed E-state index contributed by atoms with van der Waals surface area (Å²) in [7, 11) is 4.64. The summed E-state index contributed by atoms with van der Waals surface area (Å²) in [5, 5.41) is 13.7. The van der Waals surface area contributed by atoms with Crippen molar-refractivity contribution in [1.29, 1.82) is 0 Å². The van der Waals surface area contributed by atoms with Gasteiger partial charge in [0.2, 0.25) is 0 Å². The average molecular weight is 457 g/mol. The molecule has 172 valence electrons. The number of benzene rings is 3. The first-order chi connectivity index (χ1) is 16.6. The molecule has 3 aromatic carbocycles. The Labute approximate surface area is 196 Å². The summed E-state index contributed by atoms with van der Waals surface area (Å²) in [6, 6.07) is 15.8. The second kappa shape index (κ2) is 8.90. The highest BCUT2D eigenvalue weighted by molar-refractivity contribution is 6.02. The molecule has 0 saturated heterocycles. The number of methoxy groups -OCH3 is 3. The number of nitrogens with one attached hydrogen (secondary N) is 2. The highest BCUT2D eigenvalue weighted by Crippen LogP contribution is 2.36. The molecule has 0 atom stereocenters. The van der Waals surface area contributed by atoms with Gasteiger partial charge in [-0.3, -0.25) is 9.89 Å². The smallest absolute Gasteiger partial charge is 0.289 e. The van der Waals surface area contributed by atoms with Gasteiger partial charge < -0.3 is 14.2 Å². The molecule has 1 aliphatic rings. The average Bonchev–Trinajstić information content (AvgIpc) is 3.53. The number of aromatic nitrogens is 2. The topological polar surface area (TPSA) is 97.8 Å². The zero-order valence-corrected chi connectivity index (χ0v) is 19.1. The van der Waals surface area contributed by atoms with Crippen LogP contribution in [0.4, 0.5) is 0 Å². The number of hydrazone groups is 1. The fourth-order valence-electron chi connectivity index (χ4n) is 4.42. The monoisotopic (exact) mass is 456 g/mol. The summed E-state index contributed by atoms with van der Waals surface area (Å²) in [6.07, 6.45) is 3.59. The molecule has 1 heterocycles. The zero-order chi connectivity index (χ0) is 23.7. The molecule has 1 aliphatic carbocycles. The van der Waals surface area contributed by atoms with Crippen LogP contribution in [-0.4, -0.2) is 43.6 Å². The second-order valence-electron chi connectivity index (χ2n) is 7.92. The highest BCUT2D eigenvalue weighted by Gasteiger charge is 2.18. The van der Waals surface area contributed by atoms with Crippen LogP contribution in [0.1, 0.15) is 27.2 Å². The Morgan fingerprint density at radius 3 is 2.44 bits per heavy atom. The predicted molar refractivity (Wildman–Crippen MR) is 130 cm³/mol. The number of nitrogens with zero attached hydrogens (tertiary/aromatic N) is 2. The molecule has 0 radical (unpaired) electrons. The Morgan fingerprint density at radius 1 is 1.00 bits per heavy atom. The maximum Gasteiger partial charge on any atom is 0.289 e. The molecule has 8 nitrogen and oxygen atoms in total. The molecule has 1 amide bonds. The van der Waals surface area contributed by atoms with Gasteiger partial charge in [-0.2, -0.15) is 10.2 Å². The van der Waals surface area contributed by atoms with Gasteiger partial charge in [0.25, 0.3) is 5.91 Å². The molecule has 2 N–H and O–H groups in total. The summed E-state index contributed by atoms with van der Waals surface area (Å²) < 4.78 is 16.1. The third-order valence-electron chi connectivity index (χ3n) is 6.09. The lowest BCUT2D eigenvalue weighted by molar-refractivity contribution is 0.0950. The van der Waals surface area contributed by atoms with E-state index in [-0.39, 0.29) is 0 Å². The Bertz CT molecular complexity index is 1390. The van der Waals surface area contributed by atoms with E-state index in [9.17, 15) is 4.79 Å². The number of ether oxygens (including phenoxy) is 3. The lowest BCUT2D eigenvalue weighted by Crippen LogP contribution is -2.18. The first-order valence-electron chi connectivity index (χ1n) is 10.9. The summed E-state index contributed by atoms with van der Waals surface area (Å²) in [6.45, 7) is 0. The molecule has 1 aromatic heterocycles. The summed E-state index contributed by atoms with van der Waals surface area (Å²) in [4.78, 5) is 12.7. The fraction of sp³-hybridized carbons (Fsp3) is 0.192. The number of aryl methyl sites for hydroxylation is 2. The van der Waals surface area contributed by atoms with Crippen LogP contribution >= 0.6 is 0 Å².